The van der Waals surface area contributed by atoms with Gasteiger partial charge in [-0.1, -0.05) is 0 Å². The first-order valence-corrected chi connectivity index (χ1v) is 2.99. The summed E-state index contributed by atoms with van der Waals surface area (Å²) in [5, 5.41) is 16.7. The molecule has 0 saturated carbocycles. The number of carboxylic acids is 2. The standard InChI is InChI=1S/C6H8O6/c1-6(5(10)11,12-3-7)2-4(8)9/h3H,2H2,1H3,(H,8,9)(H,10,11). The smallest absolute Gasteiger partial charge is 0.348 e. The lowest BCUT2D eigenvalue weighted by atomic mass is 10.0. The van der Waals surface area contributed by atoms with Crippen LogP contribution in [-0.2, 0) is 19.1 Å². The summed E-state index contributed by atoms with van der Waals surface area (Å²) in [6, 6.07) is 0. The molecule has 0 bridgehead atoms. The number of carbonyl (C=O) groups excluding carboxylic acids is 1. The first-order chi connectivity index (χ1) is 5.42. The van der Waals surface area contributed by atoms with E-state index in [1.54, 1.807) is 0 Å². The summed E-state index contributed by atoms with van der Waals surface area (Å²) >= 11 is 0. The van der Waals surface area contributed by atoms with Crippen LogP contribution in [0.5, 0.6) is 0 Å². The highest BCUT2D eigenvalue weighted by atomic mass is 16.6. The van der Waals surface area contributed by atoms with Gasteiger partial charge < -0.3 is 14.9 Å². The van der Waals surface area contributed by atoms with Gasteiger partial charge >= 0.3 is 11.9 Å². The van der Waals surface area contributed by atoms with E-state index >= 15 is 0 Å². The minimum Gasteiger partial charge on any atom is -0.481 e. The van der Waals surface area contributed by atoms with E-state index < -0.39 is 24.0 Å². The van der Waals surface area contributed by atoms with Crippen LogP contribution in [0.4, 0.5) is 0 Å². The van der Waals surface area contributed by atoms with Gasteiger partial charge in [0.15, 0.2) is 0 Å². The molecule has 0 aromatic rings. The molecule has 0 aliphatic carbocycles. The second-order valence-corrected chi connectivity index (χ2v) is 2.32. The quantitative estimate of drug-likeness (QED) is 0.546. The van der Waals surface area contributed by atoms with Crippen molar-refractivity contribution in [1.29, 1.82) is 0 Å². The zero-order valence-corrected chi connectivity index (χ0v) is 6.31. The Kier molecular flexibility index (Phi) is 3.21. The fraction of sp³-hybridized carbons (Fsp3) is 0.500. The molecule has 2 N–H and O–H groups in total. The first kappa shape index (κ1) is 10.4. The van der Waals surface area contributed by atoms with Gasteiger partial charge in [-0.3, -0.25) is 9.59 Å². The Hall–Kier alpha value is -1.59. The van der Waals surface area contributed by atoms with Crippen LogP contribution >= 0.6 is 0 Å². The third-order valence-corrected chi connectivity index (χ3v) is 1.25. The number of carbonyl (C=O) groups is 3. The number of ether oxygens (including phenoxy) is 1. The van der Waals surface area contributed by atoms with Gasteiger partial charge in [0.25, 0.3) is 6.47 Å². The second kappa shape index (κ2) is 3.70. The molecule has 1 unspecified atom stereocenters. The minimum absolute atomic E-state index is 0.0863. The van der Waals surface area contributed by atoms with E-state index in [4.69, 9.17) is 10.2 Å². The van der Waals surface area contributed by atoms with Gasteiger partial charge in [0.2, 0.25) is 5.60 Å². The molecule has 0 aromatic heterocycles. The third kappa shape index (κ3) is 2.57. The summed E-state index contributed by atoms with van der Waals surface area (Å²) < 4.78 is 4.14. The molecule has 0 fully saturated rings. The van der Waals surface area contributed by atoms with Crippen molar-refractivity contribution in [3.8, 4) is 0 Å². The van der Waals surface area contributed by atoms with Crippen LogP contribution in [0, 0.1) is 0 Å². The number of rotatable bonds is 5. The van der Waals surface area contributed by atoms with Gasteiger partial charge in [-0.25, -0.2) is 4.79 Å². The van der Waals surface area contributed by atoms with Crippen LogP contribution < -0.4 is 0 Å². The molecule has 0 spiro atoms. The Morgan fingerprint density at radius 2 is 2.00 bits per heavy atom. The molecule has 0 saturated heterocycles. The maximum Gasteiger partial charge on any atom is 0.348 e. The maximum atomic E-state index is 10.4. The summed E-state index contributed by atoms with van der Waals surface area (Å²) in [5.41, 5.74) is -1.98. The van der Waals surface area contributed by atoms with Gasteiger partial charge in [0, 0.05) is 0 Å². The summed E-state index contributed by atoms with van der Waals surface area (Å²) in [4.78, 5) is 30.4. The van der Waals surface area contributed by atoms with E-state index in [0.29, 0.717) is 0 Å². The van der Waals surface area contributed by atoms with E-state index in [2.05, 4.69) is 4.74 Å². The van der Waals surface area contributed by atoms with Crippen molar-refractivity contribution in [2.24, 2.45) is 0 Å². The molecule has 0 aromatic carbocycles. The molecule has 12 heavy (non-hydrogen) atoms. The van der Waals surface area contributed by atoms with Gasteiger partial charge in [-0.05, 0) is 6.92 Å². The van der Waals surface area contributed by atoms with Crippen LogP contribution in [0.2, 0.25) is 0 Å². The molecule has 0 radical (unpaired) electrons. The molecule has 0 rings (SSSR count). The molecule has 6 heteroatoms. The fourth-order valence-electron chi connectivity index (χ4n) is 0.562. The summed E-state index contributed by atoms with van der Waals surface area (Å²) in [7, 11) is 0. The van der Waals surface area contributed by atoms with Crippen LogP contribution in [-0.4, -0.2) is 34.2 Å². The van der Waals surface area contributed by atoms with Crippen molar-refractivity contribution in [2.45, 2.75) is 18.9 Å². The lowest BCUT2D eigenvalue weighted by Gasteiger charge is -2.19. The Bertz CT molecular complexity index is 210. The summed E-state index contributed by atoms with van der Waals surface area (Å²) in [6.07, 6.45) is -0.763. The van der Waals surface area contributed by atoms with E-state index in [1.807, 2.05) is 0 Å². The summed E-state index contributed by atoms with van der Waals surface area (Å²) in [5.74, 6) is -2.83. The average molecular weight is 176 g/mol. The van der Waals surface area contributed by atoms with E-state index in [9.17, 15) is 14.4 Å². The lowest BCUT2D eigenvalue weighted by Crippen LogP contribution is -2.40. The molecular formula is C6H8O6. The van der Waals surface area contributed by atoms with Crippen LogP contribution in [0.3, 0.4) is 0 Å². The zero-order valence-electron chi connectivity index (χ0n) is 6.31. The Labute approximate surface area is 67.8 Å². The van der Waals surface area contributed by atoms with E-state index in [0.717, 1.165) is 6.92 Å². The highest BCUT2D eigenvalue weighted by molar-refractivity contribution is 5.84. The topological polar surface area (TPSA) is 101 Å². The highest BCUT2D eigenvalue weighted by Gasteiger charge is 2.37. The second-order valence-electron chi connectivity index (χ2n) is 2.32. The molecular weight excluding hydrogens is 168 g/mol. The monoisotopic (exact) mass is 176 g/mol. The Balaban J connectivity index is 4.49. The summed E-state index contributed by atoms with van der Waals surface area (Å²) in [6.45, 7) is 0.926. The number of hydrogen-bond acceptors (Lipinski definition) is 4. The molecule has 68 valence electrons. The lowest BCUT2D eigenvalue weighted by molar-refractivity contribution is -0.173. The van der Waals surface area contributed by atoms with Crippen molar-refractivity contribution >= 4 is 18.4 Å². The predicted octanol–water partition coefficient (Wildman–Crippen LogP) is -0.523. The van der Waals surface area contributed by atoms with Gasteiger partial charge in [0.05, 0.1) is 6.42 Å². The average Bonchev–Trinajstić information content (AvgIpc) is 1.85. The van der Waals surface area contributed by atoms with Crippen molar-refractivity contribution in [3.05, 3.63) is 0 Å². The normalized spacial score (nSPS) is 14.4. The zero-order chi connectivity index (χ0) is 9.78. The van der Waals surface area contributed by atoms with Crippen LogP contribution in [0.15, 0.2) is 0 Å². The number of aliphatic carboxylic acids is 2. The van der Waals surface area contributed by atoms with Crippen molar-refractivity contribution < 1.29 is 29.3 Å². The first-order valence-electron chi connectivity index (χ1n) is 2.99. The van der Waals surface area contributed by atoms with Crippen molar-refractivity contribution in [3.63, 3.8) is 0 Å². The third-order valence-electron chi connectivity index (χ3n) is 1.25. The number of hydrogen-bond donors (Lipinski definition) is 2. The molecule has 0 aliphatic heterocycles. The largest absolute Gasteiger partial charge is 0.481 e. The molecule has 0 aliphatic rings. The van der Waals surface area contributed by atoms with E-state index in [-0.39, 0.29) is 6.47 Å². The van der Waals surface area contributed by atoms with Gasteiger partial charge in [-0.2, -0.15) is 0 Å². The molecule has 0 amide bonds. The van der Waals surface area contributed by atoms with Gasteiger partial charge in [0.1, 0.15) is 0 Å². The van der Waals surface area contributed by atoms with E-state index in [1.165, 1.54) is 0 Å². The molecule has 6 nitrogen and oxygen atoms in total. The maximum absolute atomic E-state index is 10.4. The fourth-order valence-corrected chi connectivity index (χ4v) is 0.562. The molecule has 0 heterocycles. The van der Waals surface area contributed by atoms with Crippen LogP contribution in [0.25, 0.3) is 0 Å². The van der Waals surface area contributed by atoms with Crippen molar-refractivity contribution in [1.82, 2.24) is 0 Å². The van der Waals surface area contributed by atoms with Gasteiger partial charge in [-0.15, -0.1) is 0 Å². The predicted molar refractivity (Wildman–Crippen MR) is 35.4 cm³/mol. The molecule has 1 atom stereocenters. The van der Waals surface area contributed by atoms with Crippen LogP contribution in [0.1, 0.15) is 13.3 Å². The Morgan fingerprint density at radius 1 is 1.50 bits per heavy atom. The number of carboxylic acid groups (broad SMARTS) is 2. The van der Waals surface area contributed by atoms with Crippen molar-refractivity contribution in [2.75, 3.05) is 0 Å². The SMILES string of the molecule is CC(CC(=O)O)(OC=O)C(=O)O. The Morgan fingerprint density at radius 3 is 2.25 bits per heavy atom. The minimum atomic E-state index is -1.98. The highest BCUT2D eigenvalue weighted by Crippen LogP contribution is 2.14.